The first kappa shape index (κ1) is 15.6. The van der Waals surface area contributed by atoms with Crippen molar-refractivity contribution in [1.29, 1.82) is 0 Å². The van der Waals surface area contributed by atoms with Gasteiger partial charge < -0.3 is 19.2 Å². The van der Waals surface area contributed by atoms with E-state index in [4.69, 9.17) is 13.9 Å². The molecule has 1 aromatic heterocycles. The molecule has 0 atom stereocenters. The Labute approximate surface area is 126 Å². The molecule has 0 saturated carbocycles. The summed E-state index contributed by atoms with van der Waals surface area (Å²) in [7, 11) is 1.66. The smallest absolute Gasteiger partial charge is 0.130 e. The largest absolute Gasteiger partial charge is 0.497 e. The van der Waals surface area contributed by atoms with Crippen molar-refractivity contribution >= 4 is 0 Å². The molecule has 114 valence electrons. The van der Waals surface area contributed by atoms with Crippen LogP contribution in [-0.2, 0) is 24.5 Å². The van der Waals surface area contributed by atoms with E-state index in [9.17, 15) is 0 Å². The molecular weight excluding hydrogens is 266 g/mol. The van der Waals surface area contributed by atoms with E-state index in [0.29, 0.717) is 13.2 Å². The highest BCUT2D eigenvalue weighted by Gasteiger charge is 2.07. The van der Waals surface area contributed by atoms with E-state index in [2.05, 4.69) is 19.2 Å². The molecule has 1 heterocycles. The van der Waals surface area contributed by atoms with Gasteiger partial charge in [0.25, 0.3) is 0 Å². The lowest BCUT2D eigenvalue weighted by Gasteiger charge is -2.04. The zero-order valence-electron chi connectivity index (χ0n) is 12.9. The van der Waals surface area contributed by atoms with Crippen molar-refractivity contribution in [2.24, 2.45) is 0 Å². The summed E-state index contributed by atoms with van der Waals surface area (Å²) in [6, 6.07) is 9.92. The van der Waals surface area contributed by atoms with Crippen molar-refractivity contribution in [3.8, 4) is 5.75 Å². The standard InChI is InChI=1S/C17H23NO3/c1-4-18-10-17-13(2)9-16(21-17)12-20-11-14-5-7-15(19-3)8-6-14/h5-9,18H,4,10-12H2,1-3H3. The third kappa shape index (κ3) is 4.62. The summed E-state index contributed by atoms with van der Waals surface area (Å²) >= 11 is 0. The van der Waals surface area contributed by atoms with Crippen LogP contribution < -0.4 is 10.1 Å². The molecule has 2 aromatic rings. The molecule has 4 heteroatoms. The Morgan fingerprint density at radius 1 is 1.14 bits per heavy atom. The lowest BCUT2D eigenvalue weighted by Crippen LogP contribution is -2.11. The van der Waals surface area contributed by atoms with Gasteiger partial charge in [-0.05, 0) is 42.8 Å². The van der Waals surface area contributed by atoms with Crippen LogP contribution in [0.1, 0.15) is 29.6 Å². The first-order chi connectivity index (χ1) is 10.2. The Hall–Kier alpha value is -1.78. The van der Waals surface area contributed by atoms with Gasteiger partial charge in [-0.1, -0.05) is 19.1 Å². The number of ether oxygens (including phenoxy) is 2. The van der Waals surface area contributed by atoms with E-state index in [1.54, 1.807) is 7.11 Å². The van der Waals surface area contributed by atoms with Crippen LogP contribution in [0.25, 0.3) is 0 Å². The molecule has 0 aliphatic heterocycles. The van der Waals surface area contributed by atoms with Gasteiger partial charge >= 0.3 is 0 Å². The summed E-state index contributed by atoms with van der Waals surface area (Å²) in [6.45, 7) is 6.88. The van der Waals surface area contributed by atoms with Gasteiger partial charge in [-0.15, -0.1) is 0 Å². The highest BCUT2D eigenvalue weighted by molar-refractivity contribution is 5.26. The molecule has 0 unspecified atom stereocenters. The first-order valence-electron chi connectivity index (χ1n) is 7.22. The summed E-state index contributed by atoms with van der Waals surface area (Å²) in [5.74, 6) is 2.71. The van der Waals surface area contributed by atoms with Crippen molar-refractivity contribution < 1.29 is 13.9 Å². The van der Waals surface area contributed by atoms with Crippen LogP contribution in [0, 0.1) is 6.92 Å². The van der Waals surface area contributed by atoms with Gasteiger partial charge in [0.2, 0.25) is 0 Å². The molecule has 0 saturated heterocycles. The quantitative estimate of drug-likeness (QED) is 0.808. The Balaban J connectivity index is 1.82. The lowest BCUT2D eigenvalue weighted by atomic mass is 10.2. The van der Waals surface area contributed by atoms with Crippen LogP contribution in [-0.4, -0.2) is 13.7 Å². The number of hydrogen-bond donors (Lipinski definition) is 1. The van der Waals surface area contributed by atoms with E-state index in [1.165, 1.54) is 5.56 Å². The highest BCUT2D eigenvalue weighted by Crippen LogP contribution is 2.17. The molecular formula is C17H23NO3. The molecule has 0 aliphatic carbocycles. The van der Waals surface area contributed by atoms with Crippen molar-refractivity contribution in [3.05, 3.63) is 53.0 Å². The Kier molecular flexibility index (Phi) is 5.84. The van der Waals surface area contributed by atoms with Crippen molar-refractivity contribution in [3.63, 3.8) is 0 Å². The SMILES string of the molecule is CCNCc1oc(COCc2ccc(OC)cc2)cc1C. The predicted molar refractivity (Wildman–Crippen MR) is 82.3 cm³/mol. The molecule has 1 N–H and O–H groups in total. The fourth-order valence-corrected chi connectivity index (χ4v) is 2.07. The van der Waals surface area contributed by atoms with Crippen LogP contribution >= 0.6 is 0 Å². The van der Waals surface area contributed by atoms with E-state index in [1.807, 2.05) is 30.3 Å². The molecule has 2 rings (SSSR count). The summed E-state index contributed by atoms with van der Waals surface area (Å²) < 4.78 is 16.6. The minimum absolute atomic E-state index is 0.485. The number of rotatable bonds is 8. The van der Waals surface area contributed by atoms with Gasteiger partial charge in [0.15, 0.2) is 0 Å². The van der Waals surface area contributed by atoms with Crippen LogP contribution in [0.2, 0.25) is 0 Å². The van der Waals surface area contributed by atoms with Crippen molar-refractivity contribution in [2.45, 2.75) is 33.6 Å². The van der Waals surface area contributed by atoms with Crippen LogP contribution in [0.3, 0.4) is 0 Å². The third-order valence-corrected chi connectivity index (χ3v) is 3.28. The molecule has 0 radical (unpaired) electrons. The zero-order chi connectivity index (χ0) is 15.1. The number of methoxy groups -OCH3 is 1. The maximum atomic E-state index is 5.78. The highest BCUT2D eigenvalue weighted by atomic mass is 16.5. The number of benzene rings is 1. The average Bonchev–Trinajstić information content (AvgIpc) is 2.86. The molecule has 0 aliphatic rings. The summed E-state index contributed by atoms with van der Waals surface area (Å²) in [4.78, 5) is 0. The lowest BCUT2D eigenvalue weighted by molar-refractivity contribution is 0.0919. The molecule has 1 aromatic carbocycles. The number of nitrogens with one attached hydrogen (secondary N) is 1. The summed E-state index contributed by atoms with van der Waals surface area (Å²) in [6.07, 6.45) is 0. The van der Waals surface area contributed by atoms with E-state index in [-0.39, 0.29) is 0 Å². The molecule has 0 fully saturated rings. The summed E-state index contributed by atoms with van der Waals surface area (Å²) in [5.41, 5.74) is 2.28. The second kappa shape index (κ2) is 7.86. The normalized spacial score (nSPS) is 10.8. The predicted octanol–water partition coefficient (Wildman–Crippen LogP) is 3.42. The van der Waals surface area contributed by atoms with Crippen molar-refractivity contribution in [2.75, 3.05) is 13.7 Å². The van der Waals surface area contributed by atoms with E-state index in [0.717, 1.165) is 35.9 Å². The van der Waals surface area contributed by atoms with E-state index < -0.39 is 0 Å². The van der Waals surface area contributed by atoms with Gasteiger partial charge in [0.05, 0.1) is 20.3 Å². The minimum atomic E-state index is 0.485. The Morgan fingerprint density at radius 3 is 2.57 bits per heavy atom. The van der Waals surface area contributed by atoms with Crippen LogP contribution in [0.4, 0.5) is 0 Å². The number of aryl methyl sites for hydroxylation is 1. The van der Waals surface area contributed by atoms with E-state index >= 15 is 0 Å². The fraction of sp³-hybridized carbons (Fsp3) is 0.412. The van der Waals surface area contributed by atoms with Crippen LogP contribution in [0.5, 0.6) is 5.75 Å². The number of hydrogen-bond acceptors (Lipinski definition) is 4. The molecule has 4 nitrogen and oxygen atoms in total. The first-order valence-corrected chi connectivity index (χ1v) is 7.22. The Morgan fingerprint density at radius 2 is 1.90 bits per heavy atom. The zero-order valence-corrected chi connectivity index (χ0v) is 12.9. The average molecular weight is 289 g/mol. The van der Waals surface area contributed by atoms with Gasteiger partial charge in [0, 0.05) is 0 Å². The number of furan rings is 1. The third-order valence-electron chi connectivity index (χ3n) is 3.28. The Bertz CT molecular complexity index is 546. The van der Waals surface area contributed by atoms with Gasteiger partial charge in [-0.2, -0.15) is 0 Å². The van der Waals surface area contributed by atoms with Crippen LogP contribution in [0.15, 0.2) is 34.7 Å². The second-order valence-electron chi connectivity index (χ2n) is 4.94. The van der Waals surface area contributed by atoms with Gasteiger partial charge in [-0.25, -0.2) is 0 Å². The molecule has 21 heavy (non-hydrogen) atoms. The maximum Gasteiger partial charge on any atom is 0.130 e. The van der Waals surface area contributed by atoms with Gasteiger partial charge in [-0.3, -0.25) is 0 Å². The molecule has 0 spiro atoms. The van der Waals surface area contributed by atoms with Gasteiger partial charge in [0.1, 0.15) is 23.9 Å². The second-order valence-corrected chi connectivity index (χ2v) is 4.94. The molecule has 0 bridgehead atoms. The molecule has 0 amide bonds. The summed E-state index contributed by atoms with van der Waals surface area (Å²) in [5, 5.41) is 3.27. The monoisotopic (exact) mass is 289 g/mol. The minimum Gasteiger partial charge on any atom is -0.497 e. The van der Waals surface area contributed by atoms with Crippen molar-refractivity contribution in [1.82, 2.24) is 5.32 Å². The topological polar surface area (TPSA) is 43.6 Å². The maximum absolute atomic E-state index is 5.78. The fourth-order valence-electron chi connectivity index (χ4n) is 2.07.